The molecule has 0 fully saturated rings. The maximum Gasteiger partial charge on any atom is 0.128 e. The fraction of sp³-hybridized carbons (Fsp3) is 0.333. The number of halogens is 2. The molecule has 0 radical (unpaired) electrons. The van der Waals surface area contributed by atoms with Gasteiger partial charge in [0.15, 0.2) is 0 Å². The molecule has 2 rings (SSSR count). The van der Waals surface area contributed by atoms with Crippen LogP contribution in [0.15, 0.2) is 28.7 Å². The summed E-state index contributed by atoms with van der Waals surface area (Å²) >= 11 is 5.22. The zero-order valence-corrected chi connectivity index (χ0v) is 13.7. The second-order valence-corrected chi connectivity index (χ2v) is 6.71. The van der Waals surface area contributed by atoms with Crippen LogP contribution in [-0.4, -0.2) is 6.54 Å². The summed E-state index contributed by atoms with van der Waals surface area (Å²) in [7, 11) is 0. The summed E-state index contributed by atoms with van der Waals surface area (Å²) < 4.78 is 15.3. The van der Waals surface area contributed by atoms with Crippen LogP contribution in [0.25, 0.3) is 0 Å². The maximum absolute atomic E-state index is 14.2. The molecule has 102 valence electrons. The predicted octanol–water partition coefficient (Wildman–Crippen LogP) is 4.97. The molecule has 4 heteroatoms. The Bertz CT molecular complexity index is 560. The molecule has 0 aliphatic heterocycles. The Morgan fingerprint density at radius 3 is 2.58 bits per heavy atom. The first-order valence-electron chi connectivity index (χ1n) is 6.28. The van der Waals surface area contributed by atoms with E-state index in [2.05, 4.69) is 34.2 Å². The van der Waals surface area contributed by atoms with E-state index in [4.69, 9.17) is 0 Å². The number of nitrogens with one attached hydrogen (secondary N) is 1. The molecule has 2 aromatic rings. The smallest absolute Gasteiger partial charge is 0.128 e. The first-order valence-corrected chi connectivity index (χ1v) is 7.89. The Labute approximate surface area is 126 Å². The van der Waals surface area contributed by atoms with Gasteiger partial charge in [-0.05, 0) is 54.0 Å². The topological polar surface area (TPSA) is 12.0 Å². The first kappa shape index (κ1) is 14.7. The van der Waals surface area contributed by atoms with Crippen molar-refractivity contribution in [3.63, 3.8) is 0 Å². The maximum atomic E-state index is 14.2. The largest absolute Gasteiger partial charge is 0.306 e. The molecule has 1 aromatic heterocycles. The summed E-state index contributed by atoms with van der Waals surface area (Å²) in [6, 6.07) is 7.42. The zero-order chi connectivity index (χ0) is 14.0. The van der Waals surface area contributed by atoms with E-state index < -0.39 is 0 Å². The third-order valence-corrected chi connectivity index (χ3v) is 5.24. The molecule has 0 spiro atoms. The predicted molar refractivity (Wildman–Crippen MR) is 83.4 cm³/mol. The molecule has 1 atom stereocenters. The first-order chi connectivity index (χ1) is 9.02. The van der Waals surface area contributed by atoms with E-state index in [9.17, 15) is 4.39 Å². The van der Waals surface area contributed by atoms with Crippen molar-refractivity contribution >= 4 is 27.3 Å². The fourth-order valence-electron chi connectivity index (χ4n) is 2.06. The summed E-state index contributed by atoms with van der Waals surface area (Å²) in [5, 5.41) is 3.37. The van der Waals surface area contributed by atoms with Crippen molar-refractivity contribution in [2.24, 2.45) is 0 Å². The van der Waals surface area contributed by atoms with E-state index in [1.165, 1.54) is 4.88 Å². The van der Waals surface area contributed by atoms with Gasteiger partial charge < -0.3 is 5.32 Å². The van der Waals surface area contributed by atoms with Gasteiger partial charge in [0.25, 0.3) is 0 Å². The molecule has 0 saturated heterocycles. The quantitative estimate of drug-likeness (QED) is 0.828. The van der Waals surface area contributed by atoms with Gasteiger partial charge in [0.05, 0.1) is 6.04 Å². The molecule has 1 unspecified atom stereocenters. The van der Waals surface area contributed by atoms with Gasteiger partial charge in [0, 0.05) is 19.8 Å². The second kappa shape index (κ2) is 6.16. The highest BCUT2D eigenvalue weighted by atomic mass is 79.9. The van der Waals surface area contributed by atoms with Crippen LogP contribution in [0.5, 0.6) is 0 Å². The summed E-state index contributed by atoms with van der Waals surface area (Å²) in [5.74, 6) is -0.145. The van der Waals surface area contributed by atoms with Crippen LogP contribution in [0.1, 0.15) is 33.8 Å². The highest BCUT2D eigenvalue weighted by molar-refractivity contribution is 9.10. The van der Waals surface area contributed by atoms with Gasteiger partial charge >= 0.3 is 0 Å². The van der Waals surface area contributed by atoms with Crippen molar-refractivity contribution in [2.75, 3.05) is 6.54 Å². The molecule has 0 bridgehead atoms. The fourth-order valence-corrected chi connectivity index (χ4v) is 3.71. The van der Waals surface area contributed by atoms with E-state index >= 15 is 0 Å². The number of thiophene rings is 1. The lowest BCUT2D eigenvalue weighted by molar-refractivity contribution is 0.562. The number of hydrogen-bond acceptors (Lipinski definition) is 2. The van der Waals surface area contributed by atoms with E-state index in [0.29, 0.717) is 5.56 Å². The van der Waals surface area contributed by atoms with Gasteiger partial charge in [-0.3, -0.25) is 0 Å². The third kappa shape index (κ3) is 3.25. The lowest BCUT2D eigenvalue weighted by Crippen LogP contribution is -2.22. The van der Waals surface area contributed by atoms with Crippen molar-refractivity contribution in [2.45, 2.75) is 26.8 Å². The molecule has 1 nitrogen and oxygen atoms in total. The minimum absolute atomic E-state index is 0.0828. The zero-order valence-electron chi connectivity index (χ0n) is 11.3. The van der Waals surface area contributed by atoms with Crippen molar-refractivity contribution in [3.8, 4) is 0 Å². The Morgan fingerprint density at radius 2 is 2.05 bits per heavy atom. The van der Waals surface area contributed by atoms with E-state index in [1.807, 2.05) is 26.0 Å². The van der Waals surface area contributed by atoms with E-state index in [1.54, 1.807) is 17.4 Å². The van der Waals surface area contributed by atoms with Crippen LogP contribution in [0.3, 0.4) is 0 Å². The lowest BCUT2D eigenvalue weighted by atomic mass is 10.0. The van der Waals surface area contributed by atoms with Gasteiger partial charge in [0.1, 0.15) is 5.82 Å². The second-order valence-electron chi connectivity index (χ2n) is 4.57. The molecule has 1 heterocycles. The van der Waals surface area contributed by atoms with Crippen LogP contribution in [0, 0.1) is 19.7 Å². The minimum atomic E-state index is -0.145. The van der Waals surface area contributed by atoms with Crippen molar-refractivity contribution in [1.29, 1.82) is 0 Å². The van der Waals surface area contributed by atoms with E-state index in [-0.39, 0.29) is 11.9 Å². The Kier molecular flexibility index (Phi) is 4.76. The van der Waals surface area contributed by atoms with E-state index in [0.717, 1.165) is 21.5 Å². The average molecular weight is 342 g/mol. The van der Waals surface area contributed by atoms with Crippen molar-refractivity contribution in [3.05, 3.63) is 55.4 Å². The van der Waals surface area contributed by atoms with Gasteiger partial charge in [-0.15, -0.1) is 11.3 Å². The Balaban J connectivity index is 2.44. The van der Waals surface area contributed by atoms with Crippen LogP contribution in [0.4, 0.5) is 4.39 Å². The standard InChI is InChI=1S/C15H17BrFNS/c1-4-18-15(14-8-12(16)10(3)19-14)11-6-5-9(2)7-13(11)17/h5-8,15,18H,4H2,1-3H3. The highest BCUT2D eigenvalue weighted by Gasteiger charge is 2.19. The van der Waals surface area contributed by atoms with Crippen LogP contribution in [-0.2, 0) is 0 Å². The van der Waals surface area contributed by atoms with Crippen LogP contribution in [0.2, 0.25) is 0 Å². The minimum Gasteiger partial charge on any atom is -0.306 e. The summed E-state index contributed by atoms with van der Waals surface area (Å²) in [4.78, 5) is 2.35. The monoisotopic (exact) mass is 341 g/mol. The molecule has 0 aliphatic carbocycles. The number of aryl methyl sites for hydroxylation is 2. The van der Waals surface area contributed by atoms with Crippen molar-refractivity contribution < 1.29 is 4.39 Å². The van der Waals surface area contributed by atoms with Crippen LogP contribution >= 0.6 is 27.3 Å². The summed E-state index contributed by atoms with van der Waals surface area (Å²) in [5.41, 5.74) is 1.65. The SMILES string of the molecule is CCNC(c1cc(Br)c(C)s1)c1ccc(C)cc1F. The molecular weight excluding hydrogens is 325 g/mol. The normalized spacial score (nSPS) is 12.7. The summed E-state index contributed by atoms with van der Waals surface area (Å²) in [6.45, 7) is 6.80. The van der Waals surface area contributed by atoms with Crippen molar-refractivity contribution in [1.82, 2.24) is 5.32 Å². The Morgan fingerprint density at radius 1 is 1.32 bits per heavy atom. The van der Waals surface area contributed by atoms with Crippen LogP contribution < -0.4 is 5.32 Å². The number of hydrogen-bond donors (Lipinski definition) is 1. The molecule has 1 N–H and O–H groups in total. The number of benzene rings is 1. The highest BCUT2D eigenvalue weighted by Crippen LogP contribution is 2.34. The molecule has 0 saturated carbocycles. The third-order valence-electron chi connectivity index (χ3n) is 3.04. The van der Waals surface area contributed by atoms with Gasteiger partial charge in [0.2, 0.25) is 0 Å². The molecular formula is C15H17BrFNS. The van der Waals surface area contributed by atoms with Gasteiger partial charge in [-0.25, -0.2) is 4.39 Å². The number of rotatable bonds is 4. The summed E-state index contributed by atoms with van der Waals surface area (Å²) in [6.07, 6.45) is 0. The molecule has 19 heavy (non-hydrogen) atoms. The van der Waals surface area contributed by atoms with Gasteiger partial charge in [-0.1, -0.05) is 19.1 Å². The Hall–Kier alpha value is -0.710. The van der Waals surface area contributed by atoms with Gasteiger partial charge in [-0.2, -0.15) is 0 Å². The molecule has 0 aliphatic rings. The molecule has 1 aromatic carbocycles. The molecule has 0 amide bonds. The lowest BCUT2D eigenvalue weighted by Gasteiger charge is -2.18. The average Bonchev–Trinajstić information content (AvgIpc) is 2.67.